The normalized spacial score (nSPS) is 12.4. The Balaban J connectivity index is 2.81. The number of pyridine rings is 1. The third-order valence-electron chi connectivity index (χ3n) is 2.67. The van der Waals surface area contributed by atoms with Gasteiger partial charge in [0.15, 0.2) is 0 Å². The van der Waals surface area contributed by atoms with Crippen LogP contribution in [0.4, 0.5) is 0 Å². The van der Waals surface area contributed by atoms with Crippen molar-refractivity contribution in [2.45, 2.75) is 39.2 Å². The minimum absolute atomic E-state index is 0.355. The molecule has 1 unspecified atom stereocenters. The van der Waals surface area contributed by atoms with E-state index >= 15 is 0 Å². The Morgan fingerprint density at radius 3 is 2.88 bits per heavy atom. The summed E-state index contributed by atoms with van der Waals surface area (Å²) < 4.78 is 5.30. The summed E-state index contributed by atoms with van der Waals surface area (Å²) in [6.07, 6.45) is 5.33. The van der Waals surface area contributed by atoms with Gasteiger partial charge in [-0.25, -0.2) is 4.98 Å². The van der Waals surface area contributed by atoms with Crippen molar-refractivity contribution < 1.29 is 4.74 Å². The first-order valence-corrected chi connectivity index (χ1v) is 6.05. The van der Waals surface area contributed by atoms with Crippen molar-refractivity contribution >= 4 is 0 Å². The molecule has 0 bridgehead atoms. The molecule has 90 valence electrons. The maximum atomic E-state index is 5.30. The highest BCUT2D eigenvalue weighted by Crippen LogP contribution is 2.26. The molecule has 0 aliphatic rings. The van der Waals surface area contributed by atoms with Crippen LogP contribution in [0.5, 0.6) is 5.88 Å². The Labute approximate surface area is 98.2 Å². The average Bonchev–Trinajstić information content (AvgIpc) is 2.34. The summed E-state index contributed by atoms with van der Waals surface area (Å²) >= 11 is 0. The zero-order valence-electron chi connectivity index (χ0n) is 10.5. The molecular weight excluding hydrogens is 200 g/mol. The van der Waals surface area contributed by atoms with Crippen LogP contribution in [0.15, 0.2) is 18.3 Å². The van der Waals surface area contributed by atoms with E-state index in [1.165, 1.54) is 18.4 Å². The third-order valence-corrected chi connectivity index (χ3v) is 2.67. The van der Waals surface area contributed by atoms with Crippen LogP contribution in [0.3, 0.4) is 0 Å². The van der Waals surface area contributed by atoms with Gasteiger partial charge in [0.2, 0.25) is 5.88 Å². The molecule has 1 atom stereocenters. The number of nitrogens with one attached hydrogen (secondary N) is 1. The van der Waals surface area contributed by atoms with Gasteiger partial charge in [-0.3, -0.25) is 0 Å². The number of rotatable bonds is 7. The van der Waals surface area contributed by atoms with Crippen LogP contribution in [0.25, 0.3) is 0 Å². The molecule has 3 nitrogen and oxygen atoms in total. The van der Waals surface area contributed by atoms with E-state index in [0.29, 0.717) is 6.04 Å². The van der Waals surface area contributed by atoms with Crippen LogP contribution in [0.1, 0.15) is 44.7 Å². The lowest BCUT2D eigenvalue weighted by Crippen LogP contribution is -2.21. The zero-order valence-corrected chi connectivity index (χ0v) is 10.5. The number of unbranched alkanes of at least 4 members (excludes halogenated alkanes) is 1. The van der Waals surface area contributed by atoms with E-state index < -0.39 is 0 Å². The fraction of sp³-hybridized carbons (Fsp3) is 0.615. The van der Waals surface area contributed by atoms with Gasteiger partial charge in [-0.05, 0) is 19.0 Å². The predicted molar refractivity (Wildman–Crippen MR) is 66.7 cm³/mol. The van der Waals surface area contributed by atoms with Crippen LogP contribution in [0.2, 0.25) is 0 Å². The fourth-order valence-electron chi connectivity index (χ4n) is 1.86. The van der Waals surface area contributed by atoms with Gasteiger partial charge >= 0.3 is 0 Å². The molecule has 0 saturated carbocycles. The smallest absolute Gasteiger partial charge is 0.217 e. The standard InChI is InChI=1S/C13H22N2O/c1-4-6-9-12(14-5-2)11-8-7-10-15-13(11)16-3/h7-8,10,12,14H,4-6,9H2,1-3H3. The monoisotopic (exact) mass is 222 g/mol. The van der Waals surface area contributed by atoms with Crippen molar-refractivity contribution in [1.82, 2.24) is 10.3 Å². The number of nitrogens with zero attached hydrogens (tertiary/aromatic N) is 1. The third kappa shape index (κ3) is 3.49. The van der Waals surface area contributed by atoms with E-state index in [4.69, 9.17) is 4.74 Å². The van der Waals surface area contributed by atoms with Crippen molar-refractivity contribution in [3.05, 3.63) is 23.9 Å². The van der Waals surface area contributed by atoms with Gasteiger partial charge in [0, 0.05) is 17.8 Å². The molecule has 1 heterocycles. The lowest BCUT2D eigenvalue weighted by atomic mass is 10.0. The Kier molecular flexibility index (Phi) is 5.86. The first-order chi connectivity index (χ1) is 7.83. The summed E-state index contributed by atoms with van der Waals surface area (Å²) in [5.74, 6) is 0.740. The van der Waals surface area contributed by atoms with Gasteiger partial charge in [-0.2, -0.15) is 0 Å². The molecule has 0 fully saturated rings. The summed E-state index contributed by atoms with van der Waals surface area (Å²) in [5.41, 5.74) is 1.17. The number of ether oxygens (including phenoxy) is 1. The Hall–Kier alpha value is -1.09. The Morgan fingerprint density at radius 1 is 1.44 bits per heavy atom. The van der Waals surface area contributed by atoms with Gasteiger partial charge in [0.25, 0.3) is 0 Å². The highest BCUT2D eigenvalue weighted by Gasteiger charge is 2.14. The van der Waals surface area contributed by atoms with Gasteiger partial charge < -0.3 is 10.1 Å². The maximum Gasteiger partial charge on any atom is 0.217 e. The molecule has 0 saturated heterocycles. The van der Waals surface area contributed by atoms with Crippen LogP contribution >= 0.6 is 0 Å². The largest absolute Gasteiger partial charge is 0.481 e. The first kappa shape index (κ1) is 13.0. The van der Waals surface area contributed by atoms with Gasteiger partial charge in [-0.1, -0.05) is 32.8 Å². The molecule has 1 rings (SSSR count). The van der Waals surface area contributed by atoms with Crippen molar-refractivity contribution in [2.75, 3.05) is 13.7 Å². The van der Waals surface area contributed by atoms with E-state index in [1.54, 1.807) is 13.3 Å². The van der Waals surface area contributed by atoms with Gasteiger partial charge in [0.1, 0.15) is 0 Å². The second-order valence-corrected chi connectivity index (χ2v) is 3.85. The van der Waals surface area contributed by atoms with E-state index in [-0.39, 0.29) is 0 Å². The maximum absolute atomic E-state index is 5.30. The van der Waals surface area contributed by atoms with Gasteiger partial charge in [0.05, 0.1) is 7.11 Å². The van der Waals surface area contributed by atoms with Crippen LogP contribution in [0, 0.1) is 0 Å². The predicted octanol–water partition coefficient (Wildman–Crippen LogP) is 2.93. The minimum Gasteiger partial charge on any atom is -0.481 e. The molecule has 0 aliphatic heterocycles. The van der Waals surface area contributed by atoms with Crippen molar-refractivity contribution in [3.8, 4) is 5.88 Å². The summed E-state index contributed by atoms with van der Waals surface area (Å²) in [5, 5.41) is 3.49. The Bertz CT molecular complexity index is 302. The zero-order chi connectivity index (χ0) is 11.8. The van der Waals surface area contributed by atoms with Crippen molar-refractivity contribution in [3.63, 3.8) is 0 Å². The fourth-order valence-corrected chi connectivity index (χ4v) is 1.86. The van der Waals surface area contributed by atoms with E-state index in [2.05, 4.69) is 30.2 Å². The summed E-state index contributed by atoms with van der Waals surface area (Å²) in [4.78, 5) is 4.25. The number of hydrogen-bond acceptors (Lipinski definition) is 3. The first-order valence-electron chi connectivity index (χ1n) is 6.05. The summed E-state index contributed by atoms with van der Waals surface area (Å²) in [6, 6.07) is 4.41. The Morgan fingerprint density at radius 2 is 2.25 bits per heavy atom. The lowest BCUT2D eigenvalue weighted by Gasteiger charge is -2.19. The summed E-state index contributed by atoms with van der Waals surface area (Å²) in [6.45, 7) is 5.30. The van der Waals surface area contributed by atoms with Crippen LogP contribution < -0.4 is 10.1 Å². The van der Waals surface area contributed by atoms with Crippen LogP contribution in [-0.4, -0.2) is 18.6 Å². The molecular formula is C13H22N2O. The topological polar surface area (TPSA) is 34.2 Å². The molecule has 1 aromatic heterocycles. The van der Waals surface area contributed by atoms with E-state index in [1.807, 2.05) is 6.07 Å². The van der Waals surface area contributed by atoms with Gasteiger partial charge in [-0.15, -0.1) is 0 Å². The quantitative estimate of drug-likeness (QED) is 0.770. The van der Waals surface area contributed by atoms with E-state index in [9.17, 15) is 0 Å². The molecule has 0 radical (unpaired) electrons. The second kappa shape index (κ2) is 7.23. The molecule has 16 heavy (non-hydrogen) atoms. The number of methoxy groups -OCH3 is 1. The molecule has 0 aliphatic carbocycles. The molecule has 1 aromatic rings. The molecule has 3 heteroatoms. The average molecular weight is 222 g/mol. The lowest BCUT2D eigenvalue weighted by molar-refractivity contribution is 0.378. The molecule has 0 spiro atoms. The van der Waals surface area contributed by atoms with Crippen molar-refractivity contribution in [2.24, 2.45) is 0 Å². The highest BCUT2D eigenvalue weighted by molar-refractivity contribution is 5.28. The number of hydrogen-bond donors (Lipinski definition) is 1. The molecule has 0 amide bonds. The highest BCUT2D eigenvalue weighted by atomic mass is 16.5. The second-order valence-electron chi connectivity index (χ2n) is 3.85. The molecule has 0 aromatic carbocycles. The molecule has 1 N–H and O–H groups in total. The summed E-state index contributed by atoms with van der Waals surface area (Å²) in [7, 11) is 1.68. The van der Waals surface area contributed by atoms with Crippen molar-refractivity contribution in [1.29, 1.82) is 0 Å². The SMILES string of the molecule is CCCCC(NCC)c1cccnc1OC. The number of aromatic nitrogens is 1. The van der Waals surface area contributed by atoms with Crippen LogP contribution in [-0.2, 0) is 0 Å². The minimum atomic E-state index is 0.355. The van der Waals surface area contributed by atoms with E-state index in [0.717, 1.165) is 18.8 Å².